The number of aliphatic hydroxyl groups is 2. The molecule has 0 aliphatic heterocycles. The molecule has 1 atom stereocenters. The molecule has 5 rings (SSSR count). The Morgan fingerprint density at radius 2 is 1.65 bits per heavy atom. The number of nitrogens with zero attached hydrogens (tertiary/aromatic N) is 1. The first-order valence-corrected chi connectivity index (χ1v) is 15.5. The second kappa shape index (κ2) is 15.5. The molecule has 1 aromatic heterocycles. The number of fused-ring (bicyclic) bond motifs is 1. The Morgan fingerprint density at radius 1 is 0.939 bits per heavy atom. The van der Waals surface area contributed by atoms with Crippen molar-refractivity contribution in [1.82, 2.24) is 4.98 Å². The molecule has 0 spiro atoms. The van der Waals surface area contributed by atoms with Crippen molar-refractivity contribution in [3.63, 3.8) is 0 Å². The molecule has 1 saturated carbocycles. The predicted molar refractivity (Wildman–Crippen MR) is 177 cm³/mol. The van der Waals surface area contributed by atoms with Crippen molar-refractivity contribution in [1.29, 1.82) is 0 Å². The number of ether oxygens (including phenoxy) is 4. The molecule has 4 aromatic rings. The minimum absolute atomic E-state index is 0.140. The van der Waals surface area contributed by atoms with Gasteiger partial charge in [-0.3, -0.25) is 19.4 Å². The Bertz CT molecular complexity index is 1850. The molecule has 0 bridgehead atoms. The number of benzene rings is 3. The zero-order valence-corrected chi connectivity index (χ0v) is 27.0. The predicted octanol–water partition coefficient (Wildman–Crippen LogP) is 4.04. The third-order valence-electron chi connectivity index (χ3n) is 7.80. The minimum Gasteiger partial charge on any atom is -0.493 e. The summed E-state index contributed by atoms with van der Waals surface area (Å²) in [4.78, 5) is 42.5. The third-order valence-corrected chi connectivity index (χ3v) is 8.03. The van der Waals surface area contributed by atoms with Crippen LogP contribution < -0.4 is 30.6 Å². The molecule has 49 heavy (non-hydrogen) atoms. The summed E-state index contributed by atoms with van der Waals surface area (Å²) in [7, 11) is 1.41. The molecule has 0 saturated heterocycles. The average Bonchev–Trinajstić information content (AvgIpc) is 3.91. The number of esters is 1. The number of rotatable bonds is 15. The van der Waals surface area contributed by atoms with Gasteiger partial charge in [-0.25, -0.2) is 4.39 Å². The zero-order chi connectivity index (χ0) is 35.1. The smallest absolute Gasteiger partial charge is 0.326 e. The van der Waals surface area contributed by atoms with Crippen LogP contribution in [0, 0.1) is 17.2 Å². The van der Waals surface area contributed by atoms with Crippen molar-refractivity contribution in [2.45, 2.75) is 18.9 Å². The number of anilines is 2. The average molecular weight is 697 g/mol. The van der Waals surface area contributed by atoms with Crippen LogP contribution in [0.1, 0.15) is 12.8 Å². The Kier molecular flexibility index (Phi) is 11.1. The fourth-order valence-corrected chi connectivity index (χ4v) is 4.93. The van der Waals surface area contributed by atoms with Gasteiger partial charge in [0.15, 0.2) is 23.1 Å². The highest BCUT2D eigenvalue weighted by Crippen LogP contribution is 2.48. The Balaban J connectivity index is 1.24. The van der Waals surface area contributed by atoms with E-state index in [4.69, 9.17) is 46.5 Å². The van der Waals surface area contributed by atoms with Gasteiger partial charge in [-0.2, -0.15) is 0 Å². The van der Waals surface area contributed by atoms with Crippen molar-refractivity contribution in [3.8, 4) is 23.0 Å². The normalized spacial score (nSPS) is 13.8. The molecule has 1 aliphatic carbocycles. The largest absolute Gasteiger partial charge is 0.493 e. The topological polar surface area (TPSA) is 192 Å². The van der Waals surface area contributed by atoms with Crippen molar-refractivity contribution in [3.05, 3.63) is 77.7 Å². The number of halogens is 2. The number of aromatic nitrogens is 1. The van der Waals surface area contributed by atoms with Gasteiger partial charge in [0.25, 0.3) is 0 Å². The van der Waals surface area contributed by atoms with Crippen LogP contribution in [0.4, 0.5) is 15.8 Å². The zero-order valence-electron chi connectivity index (χ0n) is 26.3. The summed E-state index contributed by atoms with van der Waals surface area (Å²) in [5, 5.41) is 24.5. The molecule has 1 unspecified atom stereocenters. The lowest BCUT2D eigenvalue weighted by molar-refractivity contribution is -0.148. The highest BCUT2D eigenvalue weighted by atomic mass is 35.5. The molecule has 1 heterocycles. The van der Waals surface area contributed by atoms with Crippen molar-refractivity contribution in [2.24, 2.45) is 17.1 Å². The van der Waals surface area contributed by atoms with Gasteiger partial charge in [0.2, 0.25) is 11.8 Å². The van der Waals surface area contributed by atoms with Crippen LogP contribution in [-0.2, 0) is 19.1 Å². The lowest BCUT2D eigenvalue weighted by Crippen LogP contribution is -2.39. The lowest BCUT2D eigenvalue weighted by atomic mass is 10.0. The molecule has 258 valence electrons. The van der Waals surface area contributed by atoms with Gasteiger partial charge in [-0.1, -0.05) is 17.7 Å². The Labute approximate surface area is 285 Å². The monoisotopic (exact) mass is 696 g/mol. The van der Waals surface area contributed by atoms with Gasteiger partial charge in [0.05, 0.1) is 32.4 Å². The second-order valence-electron chi connectivity index (χ2n) is 11.4. The van der Waals surface area contributed by atoms with Crippen LogP contribution in [-0.4, -0.2) is 72.6 Å². The van der Waals surface area contributed by atoms with E-state index in [0.29, 0.717) is 34.5 Å². The number of carbonyl (C=O) groups is 3. The Morgan fingerprint density at radius 3 is 2.29 bits per heavy atom. The molecule has 3 aromatic carbocycles. The molecular weight excluding hydrogens is 663 g/mol. The number of methoxy groups -OCH3 is 1. The van der Waals surface area contributed by atoms with Gasteiger partial charge >= 0.3 is 5.97 Å². The summed E-state index contributed by atoms with van der Waals surface area (Å²) in [6, 6.07) is 14.0. The van der Waals surface area contributed by atoms with Crippen molar-refractivity contribution in [2.75, 3.05) is 44.2 Å². The van der Waals surface area contributed by atoms with Gasteiger partial charge in [0, 0.05) is 46.0 Å². The molecule has 15 heteroatoms. The van der Waals surface area contributed by atoms with Crippen LogP contribution >= 0.6 is 11.6 Å². The fourth-order valence-electron chi connectivity index (χ4n) is 4.74. The number of hydrogen-bond acceptors (Lipinski definition) is 11. The summed E-state index contributed by atoms with van der Waals surface area (Å²) in [5.41, 5.74) is 5.62. The molecule has 0 radical (unpaired) electrons. The van der Waals surface area contributed by atoms with E-state index in [9.17, 15) is 14.4 Å². The number of amides is 2. The second-order valence-corrected chi connectivity index (χ2v) is 11.8. The molecule has 1 fully saturated rings. The minimum atomic E-state index is -1.27. The highest BCUT2D eigenvalue weighted by Gasteiger charge is 2.56. The van der Waals surface area contributed by atoms with E-state index in [1.165, 1.54) is 37.6 Å². The maximum atomic E-state index is 15.3. The highest BCUT2D eigenvalue weighted by molar-refractivity contribution is 6.31. The first-order valence-electron chi connectivity index (χ1n) is 15.2. The molecule has 1 aliphatic rings. The third kappa shape index (κ3) is 8.35. The van der Waals surface area contributed by atoms with Crippen molar-refractivity contribution < 1.29 is 47.9 Å². The maximum absolute atomic E-state index is 15.3. The van der Waals surface area contributed by atoms with E-state index < -0.39 is 41.0 Å². The number of hydrogen-bond donors (Lipinski definition) is 5. The number of aliphatic hydroxyl groups excluding tert-OH is 2. The van der Waals surface area contributed by atoms with E-state index in [0.717, 1.165) is 6.07 Å². The summed E-state index contributed by atoms with van der Waals surface area (Å²) in [6.07, 6.45) is 2.14. The van der Waals surface area contributed by atoms with E-state index in [1.54, 1.807) is 30.3 Å². The van der Waals surface area contributed by atoms with Crippen molar-refractivity contribution >= 4 is 51.7 Å². The van der Waals surface area contributed by atoms with E-state index in [2.05, 4.69) is 15.6 Å². The van der Waals surface area contributed by atoms with Crippen LogP contribution in [0.2, 0.25) is 5.02 Å². The lowest BCUT2D eigenvalue weighted by Gasteiger charge is -2.17. The number of carbonyl (C=O) groups excluding carboxylic acids is 3. The number of pyridine rings is 1. The van der Waals surface area contributed by atoms with Gasteiger partial charge in [-0.15, -0.1) is 0 Å². The standard InChI is InChI=1S/C34H34ClFN4O9/c1-46-29-13-23-26(14-30(29)47-18-25(37)31(43)48-17-19(15-41)16-42)38-10-7-27(23)49-28-6-5-22(12-24(28)36)40-33(45)34(8-9-34)32(44)39-21-4-2-3-20(35)11-21/h2-7,10-14,19,25,41-42H,8-9,15-18,37H2,1H3,(H,39,44)(H,40,45). The molecule has 2 amide bonds. The van der Waals surface area contributed by atoms with E-state index in [1.807, 2.05) is 0 Å². The van der Waals surface area contributed by atoms with Crippen LogP contribution in [0.15, 0.2) is 66.9 Å². The van der Waals surface area contributed by atoms with Crippen LogP contribution in [0.25, 0.3) is 10.9 Å². The quantitative estimate of drug-likeness (QED) is 0.0891. The van der Waals surface area contributed by atoms with Crippen LogP contribution in [0.5, 0.6) is 23.0 Å². The van der Waals surface area contributed by atoms with Crippen LogP contribution in [0.3, 0.4) is 0 Å². The summed E-state index contributed by atoms with van der Waals surface area (Å²) in [6.45, 7) is -1.18. The first kappa shape index (κ1) is 35.3. The van der Waals surface area contributed by atoms with E-state index in [-0.39, 0.29) is 55.1 Å². The van der Waals surface area contributed by atoms with Gasteiger partial charge in [-0.05, 0) is 55.3 Å². The molecule has 13 nitrogen and oxygen atoms in total. The molecule has 6 N–H and O–H groups in total. The number of nitrogens with two attached hydrogens (primary N) is 1. The van der Waals surface area contributed by atoms with Gasteiger partial charge in [0.1, 0.15) is 23.8 Å². The fraction of sp³-hybridized carbons (Fsp3) is 0.294. The van der Waals surface area contributed by atoms with E-state index >= 15 is 4.39 Å². The first-order chi connectivity index (χ1) is 23.6. The SMILES string of the molecule is COc1cc2c(Oc3ccc(NC(=O)C4(C(=O)Nc5cccc(Cl)c5)CC4)cc3F)ccnc2cc1OCC(N)C(=O)OCC(CO)CO. The summed E-state index contributed by atoms with van der Waals surface area (Å²) in [5.74, 6) is -2.63. The Hall–Kier alpha value is -5.02. The molecular formula is C34H34ClFN4O9. The number of nitrogens with one attached hydrogen (secondary N) is 2. The maximum Gasteiger partial charge on any atom is 0.326 e. The summed E-state index contributed by atoms with van der Waals surface area (Å²) < 4.78 is 37.4. The summed E-state index contributed by atoms with van der Waals surface area (Å²) >= 11 is 5.99. The van der Waals surface area contributed by atoms with Gasteiger partial charge < -0.3 is 45.5 Å².